The summed E-state index contributed by atoms with van der Waals surface area (Å²) in [5.74, 6) is -0.530. The first-order valence-electron chi connectivity index (χ1n) is 3.86. The number of aromatic nitrogens is 2. The Bertz CT molecular complexity index is 323. The van der Waals surface area contributed by atoms with Gasteiger partial charge in [0.05, 0.1) is 13.7 Å². The number of carbonyl (C=O) groups is 1. The van der Waals surface area contributed by atoms with Crippen LogP contribution in [0, 0.1) is 0 Å². The van der Waals surface area contributed by atoms with E-state index >= 15 is 0 Å². The van der Waals surface area contributed by atoms with Gasteiger partial charge >= 0.3 is 5.97 Å². The fourth-order valence-corrected chi connectivity index (χ4v) is 0.891. The minimum absolute atomic E-state index is 0.00443. The van der Waals surface area contributed by atoms with Crippen LogP contribution in [0.5, 0.6) is 5.88 Å². The third kappa shape index (κ3) is 1.94. The zero-order valence-electron chi connectivity index (χ0n) is 7.61. The number of aromatic amines is 1. The largest absolute Gasteiger partial charge is 0.475 e. The number of nitrogen functional groups attached to an aromatic ring is 1. The van der Waals surface area contributed by atoms with E-state index in [0.717, 1.165) is 0 Å². The quantitative estimate of drug-likeness (QED) is 0.547. The Kier molecular flexibility index (Phi) is 3.29. The number of H-pyrrole nitrogens is 1. The summed E-state index contributed by atoms with van der Waals surface area (Å²) in [6.07, 6.45) is 0. The number of nitrogens with zero attached hydrogens (tertiary/aromatic N) is 1. The molecule has 78 valence electrons. The fourth-order valence-electron chi connectivity index (χ4n) is 0.891. The van der Waals surface area contributed by atoms with Gasteiger partial charge in [-0.1, -0.05) is 0 Å². The van der Waals surface area contributed by atoms with E-state index in [2.05, 4.69) is 14.9 Å². The maximum atomic E-state index is 11.2. The van der Waals surface area contributed by atoms with Crippen molar-refractivity contribution >= 4 is 11.8 Å². The molecule has 0 aliphatic rings. The summed E-state index contributed by atoms with van der Waals surface area (Å²) in [5.41, 5.74) is 5.45. The molecule has 7 nitrogen and oxygen atoms in total. The summed E-state index contributed by atoms with van der Waals surface area (Å²) in [4.78, 5) is 11.2. The first kappa shape index (κ1) is 10.3. The Morgan fingerprint density at radius 3 is 3.00 bits per heavy atom. The Balaban J connectivity index is 2.88. The lowest BCUT2D eigenvalue weighted by Gasteiger charge is -2.02. The number of hydrogen-bond acceptors (Lipinski definition) is 6. The van der Waals surface area contributed by atoms with Gasteiger partial charge in [-0.3, -0.25) is 0 Å². The van der Waals surface area contributed by atoms with Crippen LogP contribution in [0.2, 0.25) is 0 Å². The molecule has 1 aromatic rings. The second-order valence-corrected chi connectivity index (χ2v) is 2.38. The summed E-state index contributed by atoms with van der Waals surface area (Å²) in [7, 11) is 1.23. The molecule has 0 saturated carbocycles. The lowest BCUT2D eigenvalue weighted by molar-refractivity contribution is 0.0596. The van der Waals surface area contributed by atoms with Crippen molar-refractivity contribution < 1.29 is 19.4 Å². The predicted octanol–water partition coefficient (Wildman–Crippen LogP) is -0.850. The van der Waals surface area contributed by atoms with Gasteiger partial charge in [0.15, 0.2) is 11.4 Å². The number of hydrogen-bond donors (Lipinski definition) is 3. The van der Waals surface area contributed by atoms with E-state index in [-0.39, 0.29) is 30.5 Å². The van der Waals surface area contributed by atoms with Crippen molar-refractivity contribution in [2.45, 2.75) is 0 Å². The zero-order chi connectivity index (χ0) is 10.6. The number of carbonyl (C=O) groups excluding carboxylic acids is 1. The lowest BCUT2D eigenvalue weighted by atomic mass is 10.3. The average Bonchev–Trinajstić information content (AvgIpc) is 2.55. The van der Waals surface area contributed by atoms with E-state index in [4.69, 9.17) is 15.6 Å². The summed E-state index contributed by atoms with van der Waals surface area (Å²) in [6.45, 7) is -0.120. The van der Waals surface area contributed by atoms with Gasteiger partial charge in [0.1, 0.15) is 6.61 Å². The van der Waals surface area contributed by atoms with E-state index in [9.17, 15) is 4.79 Å². The van der Waals surface area contributed by atoms with Crippen LogP contribution in [0.1, 0.15) is 10.4 Å². The lowest BCUT2D eigenvalue weighted by Crippen LogP contribution is -2.08. The van der Waals surface area contributed by atoms with Crippen LogP contribution < -0.4 is 10.5 Å². The van der Waals surface area contributed by atoms with Gasteiger partial charge in [-0.2, -0.15) is 5.10 Å². The normalized spacial score (nSPS) is 9.86. The second-order valence-electron chi connectivity index (χ2n) is 2.38. The number of aliphatic hydroxyl groups excluding tert-OH is 1. The Morgan fingerprint density at radius 2 is 2.43 bits per heavy atom. The van der Waals surface area contributed by atoms with Crippen molar-refractivity contribution in [3.63, 3.8) is 0 Å². The molecular weight excluding hydrogens is 190 g/mol. The number of methoxy groups -OCH3 is 1. The summed E-state index contributed by atoms with van der Waals surface area (Å²) in [5, 5.41) is 14.5. The number of nitrogens with two attached hydrogens (primary N) is 1. The first-order valence-corrected chi connectivity index (χ1v) is 3.86. The highest BCUT2D eigenvalue weighted by molar-refractivity contribution is 5.96. The molecule has 0 saturated heterocycles. The van der Waals surface area contributed by atoms with Crippen molar-refractivity contribution in [2.24, 2.45) is 0 Å². The number of esters is 1. The van der Waals surface area contributed by atoms with Crippen molar-refractivity contribution in [3.05, 3.63) is 5.56 Å². The van der Waals surface area contributed by atoms with Gasteiger partial charge in [-0.05, 0) is 0 Å². The average molecular weight is 201 g/mol. The Morgan fingerprint density at radius 1 is 1.71 bits per heavy atom. The Hall–Kier alpha value is -1.76. The van der Waals surface area contributed by atoms with Crippen LogP contribution in [0.15, 0.2) is 0 Å². The molecular formula is C7H11N3O4. The van der Waals surface area contributed by atoms with Crippen LogP contribution in [-0.4, -0.2) is 41.6 Å². The molecule has 0 aliphatic carbocycles. The van der Waals surface area contributed by atoms with Crippen molar-refractivity contribution in [1.82, 2.24) is 10.2 Å². The molecule has 1 rings (SSSR count). The van der Waals surface area contributed by atoms with Gasteiger partial charge in [-0.25, -0.2) is 9.89 Å². The predicted molar refractivity (Wildman–Crippen MR) is 46.9 cm³/mol. The van der Waals surface area contributed by atoms with Gasteiger partial charge in [0, 0.05) is 0 Å². The molecule has 0 aliphatic heterocycles. The van der Waals surface area contributed by atoms with Crippen molar-refractivity contribution in [1.29, 1.82) is 0 Å². The van der Waals surface area contributed by atoms with Gasteiger partial charge in [0.2, 0.25) is 5.88 Å². The molecule has 0 spiro atoms. The number of aliphatic hydroxyl groups is 1. The Labute approximate surface area is 79.8 Å². The molecule has 0 unspecified atom stereocenters. The van der Waals surface area contributed by atoms with Crippen LogP contribution in [0.25, 0.3) is 0 Å². The van der Waals surface area contributed by atoms with E-state index in [1.54, 1.807) is 0 Å². The van der Waals surface area contributed by atoms with Crippen LogP contribution in [-0.2, 0) is 4.74 Å². The number of ether oxygens (including phenoxy) is 2. The molecule has 0 fully saturated rings. The maximum absolute atomic E-state index is 11.2. The molecule has 0 bridgehead atoms. The molecule has 0 atom stereocenters. The highest BCUT2D eigenvalue weighted by Gasteiger charge is 2.20. The molecule has 7 heteroatoms. The van der Waals surface area contributed by atoms with Crippen LogP contribution in [0.3, 0.4) is 0 Å². The smallest absolute Gasteiger partial charge is 0.347 e. The van der Waals surface area contributed by atoms with Gasteiger partial charge in [-0.15, -0.1) is 0 Å². The summed E-state index contributed by atoms with van der Waals surface area (Å²) >= 11 is 0. The van der Waals surface area contributed by atoms with Crippen LogP contribution >= 0.6 is 0 Å². The second kappa shape index (κ2) is 4.47. The van der Waals surface area contributed by atoms with Crippen molar-refractivity contribution in [2.75, 3.05) is 26.1 Å². The molecule has 0 aromatic carbocycles. The topological polar surface area (TPSA) is 110 Å². The van der Waals surface area contributed by atoms with E-state index < -0.39 is 5.97 Å². The highest BCUT2D eigenvalue weighted by Crippen LogP contribution is 2.21. The van der Waals surface area contributed by atoms with Gasteiger partial charge < -0.3 is 20.3 Å². The number of anilines is 1. The maximum Gasteiger partial charge on any atom is 0.347 e. The van der Waals surface area contributed by atoms with E-state index in [1.165, 1.54) is 7.11 Å². The van der Waals surface area contributed by atoms with Crippen molar-refractivity contribution in [3.8, 4) is 5.88 Å². The molecule has 0 radical (unpaired) electrons. The highest BCUT2D eigenvalue weighted by atomic mass is 16.5. The summed E-state index contributed by atoms with van der Waals surface area (Å²) < 4.78 is 9.46. The third-order valence-electron chi connectivity index (χ3n) is 1.49. The minimum Gasteiger partial charge on any atom is -0.475 e. The minimum atomic E-state index is -0.635. The molecule has 4 N–H and O–H groups in total. The molecule has 1 aromatic heterocycles. The molecule has 0 amide bonds. The number of rotatable bonds is 4. The van der Waals surface area contributed by atoms with E-state index in [0.29, 0.717) is 0 Å². The monoisotopic (exact) mass is 201 g/mol. The summed E-state index contributed by atoms with van der Waals surface area (Å²) in [6, 6.07) is 0. The fraction of sp³-hybridized carbons (Fsp3) is 0.429. The standard InChI is InChI=1S/C7H11N3O4/c1-13-7(12)4-5(8)9-10-6(4)14-3-2-11/h11H,2-3H2,1H3,(H3,8,9,10). The SMILES string of the molecule is COC(=O)c1c(N)n[nH]c1OCCO. The molecule has 1 heterocycles. The zero-order valence-corrected chi connectivity index (χ0v) is 7.61. The third-order valence-corrected chi connectivity index (χ3v) is 1.49. The van der Waals surface area contributed by atoms with Crippen LogP contribution in [0.4, 0.5) is 5.82 Å². The van der Waals surface area contributed by atoms with E-state index in [1.807, 2.05) is 0 Å². The molecule has 14 heavy (non-hydrogen) atoms. The van der Waals surface area contributed by atoms with Gasteiger partial charge in [0.25, 0.3) is 0 Å². The first-order chi connectivity index (χ1) is 6.70. The number of nitrogens with one attached hydrogen (secondary N) is 1.